The van der Waals surface area contributed by atoms with Gasteiger partial charge in [-0.3, -0.25) is 9.59 Å². The number of carbonyl (C=O) groups excluding carboxylic acids is 2. The number of rotatable bonds is 9. The van der Waals surface area contributed by atoms with Crippen LogP contribution < -0.4 is 10.6 Å². The summed E-state index contributed by atoms with van der Waals surface area (Å²) in [6.45, 7) is 3.10. The van der Waals surface area contributed by atoms with Gasteiger partial charge in [-0.25, -0.2) is 0 Å². The zero-order chi connectivity index (χ0) is 23.3. The summed E-state index contributed by atoms with van der Waals surface area (Å²) in [6, 6.07) is 16.9. The van der Waals surface area contributed by atoms with E-state index in [1.807, 2.05) is 48.3 Å². The molecule has 0 saturated heterocycles. The normalized spacial score (nSPS) is 10.9. The molecule has 0 unspecified atom stereocenters. The van der Waals surface area contributed by atoms with Gasteiger partial charge in [-0.05, 0) is 61.0 Å². The van der Waals surface area contributed by atoms with Crippen LogP contribution in [0, 0.1) is 0 Å². The van der Waals surface area contributed by atoms with Crippen LogP contribution >= 0.6 is 23.2 Å². The number of hydrogen-bond acceptors (Lipinski definition) is 4. The Morgan fingerprint density at radius 1 is 0.969 bits per heavy atom. The van der Waals surface area contributed by atoms with Crippen molar-refractivity contribution in [2.75, 3.05) is 31.6 Å². The highest BCUT2D eigenvalue weighted by Gasteiger charge is 2.19. The van der Waals surface area contributed by atoms with Crippen molar-refractivity contribution < 1.29 is 9.59 Å². The molecule has 32 heavy (non-hydrogen) atoms. The smallest absolute Gasteiger partial charge is 0.242 e. The Bertz CT molecular complexity index is 1110. The minimum absolute atomic E-state index is 0.0369. The van der Waals surface area contributed by atoms with E-state index in [1.54, 1.807) is 30.0 Å². The van der Waals surface area contributed by atoms with Crippen LogP contribution in [-0.4, -0.2) is 43.3 Å². The highest BCUT2D eigenvalue weighted by Crippen LogP contribution is 2.26. The van der Waals surface area contributed by atoms with Gasteiger partial charge in [0.05, 0.1) is 6.54 Å². The molecule has 0 atom stereocenters. The van der Waals surface area contributed by atoms with Crippen LogP contribution in [0.25, 0.3) is 10.8 Å². The van der Waals surface area contributed by atoms with Gasteiger partial charge in [0.1, 0.15) is 0 Å². The molecule has 0 aromatic heterocycles. The van der Waals surface area contributed by atoms with Crippen molar-refractivity contribution in [1.29, 1.82) is 0 Å². The number of benzene rings is 3. The fraction of sp³-hybridized carbons (Fsp3) is 0.280. The molecule has 3 rings (SSSR count). The monoisotopic (exact) mass is 471 g/mol. The first-order chi connectivity index (χ1) is 15.3. The van der Waals surface area contributed by atoms with Crippen LogP contribution in [-0.2, 0) is 11.3 Å². The summed E-state index contributed by atoms with van der Waals surface area (Å²) in [4.78, 5) is 28.4. The molecule has 7 heteroatoms. The number of amides is 1. The van der Waals surface area contributed by atoms with E-state index >= 15 is 0 Å². The number of nitrogens with two attached hydrogens (primary N) is 1. The number of anilines is 1. The molecule has 3 aromatic carbocycles. The molecular formula is C25H27Cl2N3O2. The van der Waals surface area contributed by atoms with Crippen LogP contribution in [0.1, 0.15) is 29.3 Å². The lowest BCUT2D eigenvalue weighted by molar-refractivity contribution is -0.130. The summed E-state index contributed by atoms with van der Waals surface area (Å²) in [5.41, 5.74) is 8.01. The number of carbonyl (C=O) groups is 2. The van der Waals surface area contributed by atoms with Gasteiger partial charge in [-0.1, -0.05) is 47.5 Å². The van der Waals surface area contributed by atoms with E-state index in [9.17, 15) is 9.59 Å². The van der Waals surface area contributed by atoms with Gasteiger partial charge >= 0.3 is 0 Å². The molecule has 2 N–H and O–H groups in total. The van der Waals surface area contributed by atoms with Crippen LogP contribution in [0.2, 0.25) is 10.0 Å². The van der Waals surface area contributed by atoms with Crippen molar-refractivity contribution in [1.82, 2.24) is 4.90 Å². The third kappa shape index (κ3) is 5.80. The lowest BCUT2D eigenvalue weighted by atomic mass is 10.0. The van der Waals surface area contributed by atoms with Crippen LogP contribution in [0.3, 0.4) is 0 Å². The molecule has 0 saturated carbocycles. The third-order valence-electron chi connectivity index (χ3n) is 5.44. The van der Waals surface area contributed by atoms with E-state index in [0.29, 0.717) is 41.7 Å². The quantitative estimate of drug-likeness (QED) is 0.437. The first kappa shape index (κ1) is 24.1. The zero-order valence-corrected chi connectivity index (χ0v) is 19.8. The van der Waals surface area contributed by atoms with Gasteiger partial charge in [0.15, 0.2) is 5.78 Å². The molecule has 0 aliphatic heterocycles. The maximum absolute atomic E-state index is 13.2. The van der Waals surface area contributed by atoms with Crippen molar-refractivity contribution in [3.8, 4) is 0 Å². The van der Waals surface area contributed by atoms with E-state index < -0.39 is 0 Å². The minimum Gasteiger partial charge on any atom is -0.365 e. The van der Waals surface area contributed by atoms with Gasteiger partial charge < -0.3 is 15.5 Å². The molecule has 1 amide bonds. The summed E-state index contributed by atoms with van der Waals surface area (Å²) in [5.74, 6) is -0.00107. The summed E-state index contributed by atoms with van der Waals surface area (Å²) in [5, 5.41) is 3.07. The zero-order valence-electron chi connectivity index (χ0n) is 18.3. The maximum Gasteiger partial charge on any atom is 0.242 e. The minimum atomic E-state index is -0.0380. The van der Waals surface area contributed by atoms with Crippen molar-refractivity contribution >= 4 is 51.4 Å². The number of hydrogen-bond donors (Lipinski definition) is 1. The lowest BCUT2D eigenvalue weighted by Gasteiger charge is -2.27. The number of Topliss-reactive ketones (excluding diaryl/α,β-unsaturated/α-hetero) is 1. The fourth-order valence-electron chi connectivity index (χ4n) is 3.53. The molecule has 0 fully saturated rings. The van der Waals surface area contributed by atoms with Crippen LogP contribution in [0.15, 0.2) is 54.6 Å². The van der Waals surface area contributed by atoms with Gasteiger partial charge in [0.25, 0.3) is 0 Å². The number of halogens is 2. The second-order valence-corrected chi connectivity index (χ2v) is 8.63. The molecule has 0 heterocycles. The topological polar surface area (TPSA) is 66.6 Å². The van der Waals surface area contributed by atoms with Crippen molar-refractivity contribution in [3.05, 3.63) is 75.8 Å². The van der Waals surface area contributed by atoms with Gasteiger partial charge in [-0.15, -0.1) is 0 Å². The van der Waals surface area contributed by atoms with E-state index in [2.05, 4.69) is 0 Å². The van der Waals surface area contributed by atoms with Crippen molar-refractivity contribution in [3.63, 3.8) is 0 Å². The average Bonchev–Trinajstić information content (AvgIpc) is 2.77. The highest BCUT2D eigenvalue weighted by molar-refractivity contribution is 6.36. The predicted molar refractivity (Wildman–Crippen MR) is 133 cm³/mol. The Morgan fingerprint density at radius 2 is 1.62 bits per heavy atom. The second kappa shape index (κ2) is 10.8. The van der Waals surface area contributed by atoms with Crippen molar-refractivity contribution in [2.45, 2.75) is 19.9 Å². The van der Waals surface area contributed by atoms with E-state index in [1.165, 1.54) is 0 Å². The second-order valence-electron chi connectivity index (χ2n) is 7.82. The molecule has 0 aliphatic carbocycles. The number of likely N-dealkylation sites (N-methyl/N-ethyl adjacent to an activating group) is 1. The first-order valence-corrected chi connectivity index (χ1v) is 11.2. The standard InChI is InChI=1S/C25H27Cl2N3O2/c1-17(31)18-7-8-20-14-21(10-9-19(20)13-18)29(2)16-25(32)30(12-4-11-28)15-22-23(26)5-3-6-24(22)27/h3,5-10,13-14H,4,11-12,15-16,28H2,1-2H3. The average molecular weight is 472 g/mol. The molecular weight excluding hydrogens is 445 g/mol. The largest absolute Gasteiger partial charge is 0.365 e. The van der Waals surface area contributed by atoms with E-state index in [0.717, 1.165) is 22.0 Å². The summed E-state index contributed by atoms with van der Waals surface area (Å²) in [7, 11) is 1.88. The molecule has 3 aromatic rings. The van der Waals surface area contributed by atoms with Crippen LogP contribution in [0.4, 0.5) is 5.69 Å². The van der Waals surface area contributed by atoms with Crippen LogP contribution in [0.5, 0.6) is 0 Å². The molecule has 5 nitrogen and oxygen atoms in total. The first-order valence-electron chi connectivity index (χ1n) is 10.5. The molecule has 168 valence electrons. The highest BCUT2D eigenvalue weighted by atomic mass is 35.5. The van der Waals surface area contributed by atoms with Gasteiger partial charge in [0, 0.05) is 47.0 Å². The number of fused-ring (bicyclic) bond motifs is 1. The Labute approximate surface area is 198 Å². The Morgan fingerprint density at radius 3 is 2.28 bits per heavy atom. The summed E-state index contributed by atoms with van der Waals surface area (Å²) < 4.78 is 0. The van der Waals surface area contributed by atoms with Gasteiger partial charge in [-0.2, -0.15) is 0 Å². The van der Waals surface area contributed by atoms with E-state index in [4.69, 9.17) is 28.9 Å². The SMILES string of the molecule is CC(=O)c1ccc2cc(N(C)CC(=O)N(CCCN)Cc3c(Cl)cccc3Cl)ccc2c1. The maximum atomic E-state index is 13.2. The van der Waals surface area contributed by atoms with Crippen molar-refractivity contribution in [2.24, 2.45) is 5.73 Å². The molecule has 0 radical (unpaired) electrons. The Kier molecular flexibility index (Phi) is 8.13. The van der Waals surface area contributed by atoms with E-state index in [-0.39, 0.29) is 18.2 Å². The summed E-state index contributed by atoms with van der Waals surface area (Å²) >= 11 is 12.6. The molecule has 0 spiro atoms. The van der Waals surface area contributed by atoms with Gasteiger partial charge in [0.2, 0.25) is 5.91 Å². The molecule has 0 bridgehead atoms. The Hall–Kier alpha value is -2.60. The number of nitrogens with zero attached hydrogens (tertiary/aromatic N) is 2. The Balaban J connectivity index is 1.77. The fourth-order valence-corrected chi connectivity index (χ4v) is 4.05. The number of ketones is 1. The lowest BCUT2D eigenvalue weighted by Crippen LogP contribution is -2.39. The molecule has 0 aliphatic rings. The predicted octanol–water partition coefficient (Wildman–Crippen LogP) is 5.16. The summed E-state index contributed by atoms with van der Waals surface area (Å²) in [6.07, 6.45) is 0.686. The third-order valence-corrected chi connectivity index (χ3v) is 6.15.